The van der Waals surface area contributed by atoms with Crippen LogP contribution in [0.3, 0.4) is 0 Å². The van der Waals surface area contributed by atoms with Gasteiger partial charge in [0.2, 0.25) is 0 Å². The van der Waals surface area contributed by atoms with E-state index in [1.165, 1.54) is 0 Å². The summed E-state index contributed by atoms with van der Waals surface area (Å²) in [7, 11) is 0. The number of likely N-dealkylation sites (tertiary alicyclic amines) is 1. The van der Waals surface area contributed by atoms with E-state index in [2.05, 4.69) is 13.8 Å². The van der Waals surface area contributed by atoms with E-state index in [1.807, 2.05) is 43.0 Å². The quantitative estimate of drug-likeness (QED) is 0.599. The predicted molar refractivity (Wildman–Crippen MR) is 125 cm³/mol. The second-order valence-electron chi connectivity index (χ2n) is 9.42. The van der Waals surface area contributed by atoms with E-state index in [-0.39, 0.29) is 11.7 Å². The van der Waals surface area contributed by atoms with Gasteiger partial charge in [0.05, 0.1) is 18.6 Å². The lowest BCUT2D eigenvalue weighted by Crippen LogP contribution is -2.52. The highest BCUT2D eigenvalue weighted by atomic mass is 35.5. The molecule has 0 radical (unpaired) electrons. The lowest BCUT2D eigenvalue weighted by Gasteiger charge is -2.44. The zero-order valence-electron chi connectivity index (χ0n) is 19.2. The molecule has 0 atom stereocenters. The van der Waals surface area contributed by atoms with Crippen LogP contribution in [0.15, 0.2) is 30.3 Å². The van der Waals surface area contributed by atoms with Gasteiger partial charge in [0, 0.05) is 36.5 Å². The maximum Gasteiger partial charge on any atom is 0.253 e. The van der Waals surface area contributed by atoms with Gasteiger partial charge in [-0.05, 0) is 55.2 Å². The molecular formula is C26H30ClNO4. The van der Waals surface area contributed by atoms with Crippen LogP contribution in [0, 0.1) is 19.8 Å². The summed E-state index contributed by atoms with van der Waals surface area (Å²) in [5.41, 5.74) is 2.35. The third-order valence-electron chi connectivity index (χ3n) is 6.36. The molecule has 4 rings (SSSR count). The first-order valence-corrected chi connectivity index (χ1v) is 11.6. The topological polar surface area (TPSA) is 55.8 Å². The number of nitrogens with zero attached hydrogens (tertiary/aromatic N) is 1. The first kappa shape index (κ1) is 22.7. The molecule has 6 heteroatoms. The first-order chi connectivity index (χ1) is 15.2. The summed E-state index contributed by atoms with van der Waals surface area (Å²) in [5.74, 6) is 1.80. The maximum atomic E-state index is 13.1. The molecule has 1 saturated heterocycles. The Balaban J connectivity index is 1.46. The van der Waals surface area contributed by atoms with Crippen molar-refractivity contribution in [2.45, 2.75) is 52.6 Å². The summed E-state index contributed by atoms with van der Waals surface area (Å²) in [6, 6.07) is 9.22. The van der Waals surface area contributed by atoms with Crippen molar-refractivity contribution in [3.05, 3.63) is 57.6 Å². The van der Waals surface area contributed by atoms with E-state index in [4.69, 9.17) is 21.1 Å². The minimum Gasteiger partial charge on any atom is -0.493 e. The summed E-state index contributed by atoms with van der Waals surface area (Å²) >= 11 is 6.35. The molecule has 0 unspecified atom stereocenters. The average molecular weight is 456 g/mol. The Bertz CT molecular complexity index is 1050. The van der Waals surface area contributed by atoms with E-state index >= 15 is 0 Å². The Kier molecular flexibility index (Phi) is 6.22. The van der Waals surface area contributed by atoms with Crippen molar-refractivity contribution < 1.29 is 19.1 Å². The standard InChI is InChI=1S/C26H30ClNO4/c1-16(2)15-31-20-7-5-6-19(13-20)25(30)28-10-8-26(9-11-28)14-21(29)23-18(4)24(27)17(3)12-22(23)32-26/h5-7,12-13,16H,8-11,14-15H2,1-4H3. The number of Topliss-reactive ketones (excluding diaryl/α,β-unsaturated/α-hetero) is 1. The number of carbonyl (C=O) groups is 2. The van der Waals surface area contributed by atoms with Gasteiger partial charge >= 0.3 is 0 Å². The second-order valence-corrected chi connectivity index (χ2v) is 9.79. The van der Waals surface area contributed by atoms with Crippen molar-refractivity contribution in [1.82, 2.24) is 4.90 Å². The highest BCUT2D eigenvalue weighted by molar-refractivity contribution is 6.32. The van der Waals surface area contributed by atoms with E-state index in [1.54, 1.807) is 6.07 Å². The van der Waals surface area contributed by atoms with Gasteiger partial charge in [0.1, 0.15) is 17.1 Å². The van der Waals surface area contributed by atoms with Gasteiger partial charge in [-0.1, -0.05) is 31.5 Å². The monoisotopic (exact) mass is 455 g/mol. The molecule has 2 aromatic carbocycles. The fraction of sp³-hybridized carbons (Fsp3) is 0.462. The number of benzene rings is 2. The van der Waals surface area contributed by atoms with Crippen LogP contribution in [0.5, 0.6) is 11.5 Å². The van der Waals surface area contributed by atoms with Crippen molar-refractivity contribution in [2.75, 3.05) is 19.7 Å². The largest absolute Gasteiger partial charge is 0.493 e. The molecule has 5 nitrogen and oxygen atoms in total. The molecule has 0 bridgehead atoms. The summed E-state index contributed by atoms with van der Waals surface area (Å²) < 4.78 is 12.2. The number of amides is 1. The molecular weight excluding hydrogens is 426 g/mol. The lowest BCUT2D eigenvalue weighted by atomic mass is 9.81. The molecule has 2 aromatic rings. The van der Waals surface area contributed by atoms with Crippen LogP contribution in [0.1, 0.15) is 65.0 Å². The third-order valence-corrected chi connectivity index (χ3v) is 6.94. The zero-order chi connectivity index (χ0) is 23.0. The minimum absolute atomic E-state index is 0.0177. The van der Waals surface area contributed by atoms with Crippen LogP contribution in [-0.2, 0) is 0 Å². The predicted octanol–water partition coefficient (Wildman–Crippen LogP) is 5.63. The summed E-state index contributed by atoms with van der Waals surface area (Å²) in [6.07, 6.45) is 1.56. The molecule has 2 aliphatic heterocycles. The second kappa shape index (κ2) is 8.78. The SMILES string of the molecule is Cc1cc2c(c(C)c1Cl)C(=O)CC1(CCN(C(=O)c3cccc(OCC(C)C)c3)CC1)O2. The Morgan fingerprint density at radius 3 is 2.62 bits per heavy atom. The average Bonchev–Trinajstić information content (AvgIpc) is 2.76. The van der Waals surface area contributed by atoms with Crippen LogP contribution in [0.25, 0.3) is 0 Å². The molecule has 1 fully saturated rings. The van der Waals surface area contributed by atoms with Crippen LogP contribution in [-0.4, -0.2) is 41.9 Å². The zero-order valence-corrected chi connectivity index (χ0v) is 19.9. The number of halogens is 1. The van der Waals surface area contributed by atoms with Crippen molar-refractivity contribution >= 4 is 23.3 Å². The first-order valence-electron chi connectivity index (χ1n) is 11.2. The van der Waals surface area contributed by atoms with Crippen LogP contribution in [0.4, 0.5) is 0 Å². The van der Waals surface area contributed by atoms with E-state index in [0.717, 1.165) is 11.1 Å². The smallest absolute Gasteiger partial charge is 0.253 e. The van der Waals surface area contributed by atoms with E-state index in [9.17, 15) is 9.59 Å². The Labute approximate surface area is 194 Å². The van der Waals surface area contributed by atoms with Crippen molar-refractivity contribution in [1.29, 1.82) is 0 Å². The molecule has 0 N–H and O–H groups in total. The number of piperidine rings is 1. The number of hydrogen-bond acceptors (Lipinski definition) is 4. The number of ketones is 1. The molecule has 2 aliphatic rings. The maximum absolute atomic E-state index is 13.1. The van der Waals surface area contributed by atoms with Gasteiger partial charge in [-0.3, -0.25) is 9.59 Å². The number of fused-ring (bicyclic) bond motifs is 1. The van der Waals surface area contributed by atoms with Gasteiger partial charge in [0.25, 0.3) is 5.91 Å². The molecule has 1 spiro atoms. The number of ether oxygens (including phenoxy) is 2. The molecule has 2 heterocycles. The number of aryl methyl sites for hydroxylation is 1. The molecule has 0 aromatic heterocycles. The highest BCUT2D eigenvalue weighted by Crippen LogP contribution is 2.43. The molecule has 0 saturated carbocycles. The van der Waals surface area contributed by atoms with E-state index in [0.29, 0.717) is 72.5 Å². The van der Waals surface area contributed by atoms with Crippen molar-refractivity contribution in [3.8, 4) is 11.5 Å². The molecule has 0 aliphatic carbocycles. The van der Waals surface area contributed by atoms with Gasteiger partial charge in [-0.15, -0.1) is 0 Å². The van der Waals surface area contributed by atoms with Crippen LogP contribution in [0.2, 0.25) is 5.02 Å². The Hall–Kier alpha value is -2.53. The van der Waals surface area contributed by atoms with Gasteiger partial charge < -0.3 is 14.4 Å². The number of carbonyl (C=O) groups excluding carboxylic acids is 2. The van der Waals surface area contributed by atoms with Crippen molar-refractivity contribution in [3.63, 3.8) is 0 Å². The summed E-state index contributed by atoms with van der Waals surface area (Å²) in [5, 5.41) is 0.622. The van der Waals surface area contributed by atoms with E-state index < -0.39 is 5.60 Å². The molecule has 170 valence electrons. The molecule has 1 amide bonds. The highest BCUT2D eigenvalue weighted by Gasteiger charge is 2.44. The van der Waals surface area contributed by atoms with Gasteiger partial charge in [-0.25, -0.2) is 0 Å². The van der Waals surface area contributed by atoms with Gasteiger partial charge in [-0.2, -0.15) is 0 Å². The Morgan fingerprint density at radius 1 is 1.22 bits per heavy atom. The lowest BCUT2D eigenvalue weighted by molar-refractivity contribution is -0.00582. The normalized spacial score (nSPS) is 17.3. The summed E-state index contributed by atoms with van der Waals surface area (Å²) in [4.78, 5) is 27.9. The van der Waals surface area contributed by atoms with Crippen LogP contribution < -0.4 is 9.47 Å². The number of rotatable bonds is 4. The summed E-state index contributed by atoms with van der Waals surface area (Å²) in [6.45, 7) is 9.67. The fourth-order valence-corrected chi connectivity index (χ4v) is 4.71. The number of hydrogen-bond donors (Lipinski definition) is 0. The Morgan fingerprint density at radius 2 is 1.94 bits per heavy atom. The fourth-order valence-electron chi connectivity index (χ4n) is 4.56. The van der Waals surface area contributed by atoms with Crippen molar-refractivity contribution in [2.24, 2.45) is 5.92 Å². The third kappa shape index (κ3) is 4.36. The molecule has 32 heavy (non-hydrogen) atoms. The van der Waals surface area contributed by atoms with Gasteiger partial charge in [0.15, 0.2) is 5.78 Å². The van der Waals surface area contributed by atoms with Crippen LogP contribution >= 0.6 is 11.6 Å². The minimum atomic E-state index is -0.560.